The number of amides is 1. The fourth-order valence-electron chi connectivity index (χ4n) is 2.65. The third-order valence-electron chi connectivity index (χ3n) is 4.05. The summed E-state index contributed by atoms with van der Waals surface area (Å²) < 4.78 is 7.87. The quantitative estimate of drug-likeness (QED) is 0.855. The Morgan fingerprint density at radius 1 is 1.52 bits per heavy atom. The van der Waals surface area contributed by atoms with E-state index in [-0.39, 0.29) is 17.9 Å². The first kappa shape index (κ1) is 14.2. The molecule has 21 heavy (non-hydrogen) atoms. The Balaban J connectivity index is 1.58. The molecular weight excluding hydrogens is 266 g/mol. The normalized spacial score (nSPS) is 25.0. The monoisotopic (exact) mass is 287 g/mol. The summed E-state index contributed by atoms with van der Waals surface area (Å²) in [7, 11) is 1.97. The number of carbonyl (C=O) groups excluding carboxylic acids is 1. The highest BCUT2D eigenvalue weighted by molar-refractivity contribution is 5.93. The number of hydrogen-bond acceptors (Lipinski definition) is 3. The molecule has 2 fully saturated rings. The van der Waals surface area contributed by atoms with Crippen LogP contribution in [0.25, 0.3) is 0 Å². The molecule has 2 heterocycles. The van der Waals surface area contributed by atoms with Crippen molar-refractivity contribution in [2.24, 2.45) is 18.9 Å². The van der Waals surface area contributed by atoms with Crippen molar-refractivity contribution < 1.29 is 9.53 Å². The Morgan fingerprint density at radius 2 is 2.38 bits per heavy atom. The predicted octanol–water partition coefficient (Wildman–Crippen LogP) is 1.42. The summed E-state index contributed by atoms with van der Waals surface area (Å²) in [5.41, 5.74) is 0. The van der Waals surface area contributed by atoms with Crippen LogP contribution in [0.2, 0.25) is 0 Å². The van der Waals surface area contributed by atoms with Gasteiger partial charge in [0, 0.05) is 44.4 Å². The maximum absolute atomic E-state index is 11.7. The number of aryl methyl sites for hydroxylation is 1. The van der Waals surface area contributed by atoms with Gasteiger partial charge >= 0.3 is 0 Å². The first-order chi connectivity index (χ1) is 10.2. The molecule has 3 rings (SSSR count). The van der Waals surface area contributed by atoms with Crippen LogP contribution in [0.5, 0.6) is 0 Å². The van der Waals surface area contributed by atoms with Gasteiger partial charge in [-0.15, -0.1) is 0 Å². The second-order valence-electron chi connectivity index (χ2n) is 5.84. The standard InChI is InChI=1S/C16H21N3O2/c1-19-9-8-17-16(19)15-13(3-2-10-21-15)11-18-14(20)7-6-12-4-5-12/h8-9,12-13,15H,2-5,10-11H2,1H3,(H,18,20)/t13-,15+/m0/s1. The van der Waals surface area contributed by atoms with Crippen molar-refractivity contribution in [1.82, 2.24) is 14.9 Å². The van der Waals surface area contributed by atoms with E-state index in [1.807, 2.05) is 17.8 Å². The molecule has 1 aromatic heterocycles. The molecule has 1 saturated heterocycles. The summed E-state index contributed by atoms with van der Waals surface area (Å²) >= 11 is 0. The molecule has 1 saturated carbocycles. The summed E-state index contributed by atoms with van der Waals surface area (Å²) in [5.74, 6) is 7.13. The van der Waals surface area contributed by atoms with Crippen LogP contribution in [-0.2, 0) is 16.6 Å². The SMILES string of the molecule is Cn1ccnc1[C@@H]1OCCC[C@H]1CNC(=O)C#CC1CC1. The lowest BCUT2D eigenvalue weighted by atomic mass is 9.93. The molecule has 2 aliphatic rings. The van der Waals surface area contributed by atoms with E-state index >= 15 is 0 Å². The molecular formula is C16H21N3O2. The molecule has 1 aromatic rings. The third-order valence-corrected chi connectivity index (χ3v) is 4.05. The minimum Gasteiger partial charge on any atom is -0.370 e. The van der Waals surface area contributed by atoms with Crippen molar-refractivity contribution >= 4 is 5.91 Å². The van der Waals surface area contributed by atoms with Gasteiger partial charge < -0.3 is 14.6 Å². The number of rotatable bonds is 3. The van der Waals surface area contributed by atoms with Crippen LogP contribution in [-0.4, -0.2) is 28.6 Å². The van der Waals surface area contributed by atoms with E-state index in [4.69, 9.17) is 4.74 Å². The Morgan fingerprint density at radius 3 is 3.10 bits per heavy atom. The van der Waals surface area contributed by atoms with Crippen LogP contribution in [0.15, 0.2) is 12.4 Å². The summed E-state index contributed by atoms with van der Waals surface area (Å²) in [5, 5.41) is 2.92. The van der Waals surface area contributed by atoms with Crippen LogP contribution in [0.4, 0.5) is 0 Å². The van der Waals surface area contributed by atoms with Crippen molar-refractivity contribution in [2.45, 2.75) is 31.8 Å². The number of carbonyl (C=O) groups is 1. The largest absolute Gasteiger partial charge is 0.370 e. The predicted molar refractivity (Wildman–Crippen MR) is 78.1 cm³/mol. The van der Waals surface area contributed by atoms with Crippen LogP contribution in [0, 0.1) is 23.7 Å². The fraction of sp³-hybridized carbons (Fsp3) is 0.625. The van der Waals surface area contributed by atoms with Crippen LogP contribution in [0.1, 0.15) is 37.6 Å². The highest BCUT2D eigenvalue weighted by atomic mass is 16.5. The highest BCUT2D eigenvalue weighted by Crippen LogP contribution is 2.32. The topological polar surface area (TPSA) is 56.1 Å². The van der Waals surface area contributed by atoms with Crippen LogP contribution in [0.3, 0.4) is 0 Å². The first-order valence-electron chi connectivity index (χ1n) is 7.62. The Kier molecular flexibility index (Phi) is 4.26. The van der Waals surface area contributed by atoms with E-state index < -0.39 is 0 Å². The molecule has 112 valence electrons. The van der Waals surface area contributed by atoms with Crippen molar-refractivity contribution in [1.29, 1.82) is 0 Å². The lowest BCUT2D eigenvalue weighted by Gasteiger charge is -2.31. The summed E-state index contributed by atoms with van der Waals surface area (Å²) in [6.07, 6.45) is 7.99. The van der Waals surface area contributed by atoms with Gasteiger partial charge in [0.15, 0.2) is 0 Å². The molecule has 0 radical (unpaired) electrons. The van der Waals surface area contributed by atoms with E-state index in [2.05, 4.69) is 22.1 Å². The molecule has 1 amide bonds. The Labute approximate surface area is 125 Å². The molecule has 5 heteroatoms. The maximum atomic E-state index is 11.7. The van der Waals surface area contributed by atoms with Gasteiger partial charge in [-0.2, -0.15) is 0 Å². The maximum Gasteiger partial charge on any atom is 0.295 e. The molecule has 5 nitrogen and oxygen atoms in total. The molecule has 1 N–H and O–H groups in total. The van der Waals surface area contributed by atoms with Gasteiger partial charge in [-0.25, -0.2) is 4.98 Å². The molecule has 0 spiro atoms. The van der Waals surface area contributed by atoms with Crippen molar-refractivity contribution in [2.75, 3.05) is 13.2 Å². The van der Waals surface area contributed by atoms with Gasteiger partial charge in [0.2, 0.25) is 0 Å². The third kappa shape index (κ3) is 3.64. The smallest absolute Gasteiger partial charge is 0.295 e. The summed E-state index contributed by atoms with van der Waals surface area (Å²) in [6, 6.07) is 0. The average molecular weight is 287 g/mol. The van der Waals surface area contributed by atoms with Crippen molar-refractivity contribution in [3.05, 3.63) is 18.2 Å². The van der Waals surface area contributed by atoms with Crippen molar-refractivity contribution in [3.8, 4) is 11.8 Å². The van der Waals surface area contributed by atoms with Gasteiger partial charge in [0.05, 0.1) is 0 Å². The van der Waals surface area contributed by atoms with Gasteiger partial charge in [-0.1, -0.05) is 5.92 Å². The molecule has 1 aliphatic heterocycles. The molecule has 0 aromatic carbocycles. The minimum atomic E-state index is -0.175. The zero-order valence-electron chi connectivity index (χ0n) is 12.3. The van der Waals surface area contributed by atoms with Gasteiger partial charge in [-0.3, -0.25) is 4.79 Å². The Hall–Kier alpha value is -1.80. The van der Waals surface area contributed by atoms with Crippen molar-refractivity contribution in [3.63, 3.8) is 0 Å². The number of ether oxygens (including phenoxy) is 1. The summed E-state index contributed by atoms with van der Waals surface area (Å²) in [6.45, 7) is 1.35. The van der Waals surface area contributed by atoms with Crippen LogP contribution < -0.4 is 5.32 Å². The molecule has 0 bridgehead atoms. The van der Waals surface area contributed by atoms with Gasteiger partial charge in [-0.05, 0) is 31.6 Å². The Bertz CT molecular complexity index is 566. The summed E-state index contributed by atoms with van der Waals surface area (Å²) in [4.78, 5) is 16.1. The lowest BCUT2D eigenvalue weighted by Crippen LogP contribution is -2.35. The number of hydrogen-bond donors (Lipinski definition) is 1. The first-order valence-corrected chi connectivity index (χ1v) is 7.62. The van der Waals surface area contributed by atoms with E-state index in [1.54, 1.807) is 6.20 Å². The van der Waals surface area contributed by atoms with Gasteiger partial charge in [0.1, 0.15) is 11.9 Å². The zero-order valence-corrected chi connectivity index (χ0v) is 12.3. The van der Waals surface area contributed by atoms with E-state index in [0.29, 0.717) is 12.5 Å². The number of imidazole rings is 1. The second kappa shape index (κ2) is 6.31. The van der Waals surface area contributed by atoms with E-state index in [1.165, 1.54) is 0 Å². The molecule has 0 unspecified atom stereocenters. The molecule has 2 atom stereocenters. The van der Waals surface area contributed by atoms with E-state index in [0.717, 1.165) is 38.1 Å². The average Bonchev–Trinajstić information content (AvgIpc) is 3.24. The van der Waals surface area contributed by atoms with E-state index in [9.17, 15) is 4.79 Å². The number of nitrogens with one attached hydrogen (secondary N) is 1. The second-order valence-corrected chi connectivity index (χ2v) is 5.84. The number of aromatic nitrogens is 2. The lowest BCUT2D eigenvalue weighted by molar-refractivity contribution is -0.116. The minimum absolute atomic E-state index is 0.0459. The zero-order chi connectivity index (χ0) is 14.7. The fourth-order valence-corrected chi connectivity index (χ4v) is 2.65. The number of nitrogens with zero attached hydrogens (tertiary/aromatic N) is 2. The highest BCUT2D eigenvalue weighted by Gasteiger charge is 2.30. The molecule has 1 aliphatic carbocycles. The van der Waals surface area contributed by atoms with Crippen LogP contribution >= 0.6 is 0 Å². The van der Waals surface area contributed by atoms with Gasteiger partial charge in [0.25, 0.3) is 5.91 Å².